The number of Topliss-reactive ketones (excluding diaryl/α,β-unsaturated/α-hetero) is 1. The Balaban J connectivity index is 1.46. The predicted molar refractivity (Wildman–Crippen MR) is 109 cm³/mol. The minimum atomic E-state index is -1.26. The van der Waals surface area contributed by atoms with Gasteiger partial charge in [-0.2, -0.15) is 0 Å². The van der Waals surface area contributed by atoms with Gasteiger partial charge in [-0.15, -0.1) is 0 Å². The van der Waals surface area contributed by atoms with E-state index in [1.807, 2.05) is 42.5 Å². The lowest BCUT2D eigenvalue weighted by Gasteiger charge is -2.30. The van der Waals surface area contributed by atoms with Crippen LogP contribution in [0.3, 0.4) is 0 Å². The number of aliphatic hydroxyl groups is 1. The summed E-state index contributed by atoms with van der Waals surface area (Å²) in [6.45, 7) is 0.559. The fourth-order valence-electron chi connectivity index (χ4n) is 4.57. The molecule has 1 saturated carbocycles. The molecule has 0 aromatic heterocycles. The van der Waals surface area contributed by atoms with Gasteiger partial charge >= 0.3 is 0 Å². The first-order valence-electron chi connectivity index (χ1n) is 10.4. The number of ketones is 1. The van der Waals surface area contributed by atoms with Crippen molar-refractivity contribution in [2.45, 2.75) is 63.3 Å². The Hall–Kier alpha value is -2.24. The molecule has 1 aliphatic carbocycles. The molecule has 5 nitrogen and oxygen atoms in total. The van der Waals surface area contributed by atoms with Crippen molar-refractivity contribution in [3.63, 3.8) is 0 Å². The molecule has 2 aliphatic rings. The molecule has 2 aromatic carbocycles. The molecular formula is C23H28N2O3. The highest BCUT2D eigenvalue weighted by molar-refractivity contribution is 6.03. The van der Waals surface area contributed by atoms with Crippen LogP contribution in [0.5, 0.6) is 0 Å². The minimum absolute atomic E-state index is 0.0206. The molecule has 1 aliphatic heterocycles. The van der Waals surface area contributed by atoms with E-state index >= 15 is 0 Å². The zero-order valence-electron chi connectivity index (χ0n) is 16.1. The number of carbonyl (C=O) groups is 2. The second kappa shape index (κ2) is 8.41. The van der Waals surface area contributed by atoms with E-state index in [0.717, 1.165) is 42.9 Å². The molecule has 5 heteroatoms. The topological polar surface area (TPSA) is 69.6 Å². The highest BCUT2D eigenvalue weighted by Gasteiger charge is 2.38. The SMILES string of the molecule is O=C(NC1CCCCC1)C(O)N1CCCC1C(=O)c1ccc2ccccc2c1. The number of aliphatic hydroxyl groups excluding tert-OH is 1. The molecule has 0 radical (unpaired) electrons. The molecule has 1 heterocycles. The van der Waals surface area contributed by atoms with E-state index in [-0.39, 0.29) is 17.7 Å². The van der Waals surface area contributed by atoms with Crippen LogP contribution in [0, 0.1) is 0 Å². The first kappa shape index (κ1) is 19.1. The third kappa shape index (κ3) is 3.96. The Morgan fingerprint density at radius 2 is 1.71 bits per heavy atom. The molecule has 2 atom stereocenters. The fraction of sp³-hybridized carbons (Fsp3) is 0.478. The number of carbonyl (C=O) groups excluding carboxylic acids is 2. The lowest BCUT2D eigenvalue weighted by Crippen LogP contribution is -2.53. The molecule has 2 unspecified atom stereocenters. The van der Waals surface area contributed by atoms with E-state index in [1.54, 1.807) is 4.90 Å². The molecule has 148 valence electrons. The van der Waals surface area contributed by atoms with E-state index in [2.05, 4.69) is 5.32 Å². The van der Waals surface area contributed by atoms with Crippen molar-refractivity contribution < 1.29 is 14.7 Å². The first-order valence-corrected chi connectivity index (χ1v) is 10.4. The third-order valence-corrected chi connectivity index (χ3v) is 6.13. The molecule has 0 bridgehead atoms. The summed E-state index contributed by atoms with van der Waals surface area (Å²) in [5.41, 5.74) is 0.635. The van der Waals surface area contributed by atoms with Crippen LogP contribution in [0.4, 0.5) is 0 Å². The number of likely N-dealkylation sites (tertiary alicyclic amines) is 1. The van der Waals surface area contributed by atoms with E-state index in [1.165, 1.54) is 6.42 Å². The summed E-state index contributed by atoms with van der Waals surface area (Å²) < 4.78 is 0. The van der Waals surface area contributed by atoms with Crippen molar-refractivity contribution in [2.75, 3.05) is 6.54 Å². The summed E-state index contributed by atoms with van der Waals surface area (Å²) >= 11 is 0. The van der Waals surface area contributed by atoms with Crippen LogP contribution >= 0.6 is 0 Å². The van der Waals surface area contributed by atoms with Gasteiger partial charge in [-0.1, -0.05) is 55.7 Å². The van der Waals surface area contributed by atoms with Crippen LogP contribution in [0.15, 0.2) is 42.5 Å². The molecule has 2 N–H and O–H groups in total. The van der Waals surface area contributed by atoms with Gasteiger partial charge in [0.05, 0.1) is 6.04 Å². The summed E-state index contributed by atoms with van der Waals surface area (Å²) in [6, 6.07) is 13.3. The zero-order chi connectivity index (χ0) is 19.5. The second-order valence-corrected chi connectivity index (χ2v) is 8.04. The summed E-state index contributed by atoms with van der Waals surface area (Å²) in [4.78, 5) is 27.4. The molecule has 1 saturated heterocycles. The van der Waals surface area contributed by atoms with Crippen LogP contribution in [0.2, 0.25) is 0 Å². The Labute approximate surface area is 165 Å². The Morgan fingerprint density at radius 1 is 0.964 bits per heavy atom. The van der Waals surface area contributed by atoms with E-state index < -0.39 is 12.3 Å². The quantitative estimate of drug-likeness (QED) is 0.781. The van der Waals surface area contributed by atoms with Gasteiger partial charge in [0, 0.05) is 18.2 Å². The monoisotopic (exact) mass is 380 g/mol. The average Bonchev–Trinajstić information content (AvgIpc) is 3.22. The molecule has 1 amide bonds. The lowest BCUT2D eigenvalue weighted by molar-refractivity contribution is -0.140. The van der Waals surface area contributed by atoms with Gasteiger partial charge in [0.15, 0.2) is 12.0 Å². The third-order valence-electron chi connectivity index (χ3n) is 6.13. The molecule has 4 rings (SSSR count). The van der Waals surface area contributed by atoms with Crippen molar-refractivity contribution in [1.82, 2.24) is 10.2 Å². The Bertz CT molecular complexity index is 860. The predicted octanol–water partition coefficient (Wildman–Crippen LogP) is 3.25. The van der Waals surface area contributed by atoms with Crippen molar-refractivity contribution in [3.05, 3.63) is 48.0 Å². The van der Waals surface area contributed by atoms with Crippen LogP contribution < -0.4 is 5.32 Å². The first-order chi connectivity index (χ1) is 13.6. The molecular weight excluding hydrogens is 352 g/mol. The number of nitrogens with one attached hydrogen (secondary N) is 1. The average molecular weight is 380 g/mol. The van der Waals surface area contributed by atoms with Crippen molar-refractivity contribution in [3.8, 4) is 0 Å². The largest absolute Gasteiger partial charge is 0.370 e. The van der Waals surface area contributed by atoms with E-state index in [0.29, 0.717) is 18.5 Å². The Morgan fingerprint density at radius 3 is 2.50 bits per heavy atom. The normalized spacial score (nSPS) is 22.2. The van der Waals surface area contributed by atoms with Gasteiger partial charge in [0.1, 0.15) is 0 Å². The molecule has 28 heavy (non-hydrogen) atoms. The number of rotatable bonds is 5. The van der Waals surface area contributed by atoms with Gasteiger partial charge in [-0.25, -0.2) is 0 Å². The van der Waals surface area contributed by atoms with Crippen molar-refractivity contribution in [1.29, 1.82) is 0 Å². The fourth-order valence-corrected chi connectivity index (χ4v) is 4.57. The summed E-state index contributed by atoms with van der Waals surface area (Å²) in [5, 5.41) is 15.7. The van der Waals surface area contributed by atoms with Crippen molar-refractivity contribution in [2.24, 2.45) is 0 Å². The number of hydrogen-bond acceptors (Lipinski definition) is 4. The zero-order valence-corrected chi connectivity index (χ0v) is 16.1. The van der Waals surface area contributed by atoms with Crippen molar-refractivity contribution >= 4 is 22.5 Å². The smallest absolute Gasteiger partial charge is 0.264 e. The summed E-state index contributed by atoms with van der Waals surface area (Å²) in [5.74, 6) is -0.391. The number of benzene rings is 2. The molecule has 2 aromatic rings. The number of hydrogen-bond donors (Lipinski definition) is 2. The maximum absolute atomic E-state index is 13.1. The van der Waals surface area contributed by atoms with E-state index in [9.17, 15) is 14.7 Å². The maximum Gasteiger partial charge on any atom is 0.264 e. The summed E-state index contributed by atoms with van der Waals surface area (Å²) in [7, 11) is 0. The second-order valence-electron chi connectivity index (χ2n) is 8.04. The van der Waals surface area contributed by atoms with Gasteiger partial charge in [-0.3, -0.25) is 14.5 Å². The number of amides is 1. The number of fused-ring (bicyclic) bond motifs is 1. The Kier molecular flexibility index (Phi) is 5.74. The van der Waals surface area contributed by atoms with Crippen LogP contribution in [-0.2, 0) is 4.79 Å². The lowest BCUT2D eigenvalue weighted by atomic mass is 9.95. The highest BCUT2D eigenvalue weighted by Crippen LogP contribution is 2.25. The highest BCUT2D eigenvalue weighted by atomic mass is 16.3. The maximum atomic E-state index is 13.1. The van der Waals surface area contributed by atoms with E-state index in [4.69, 9.17) is 0 Å². The van der Waals surface area contributed by atoms with Crippen LogP contribution in [0.1, 0.15) is 55.3 Å². The van der Waals surface area contributed by atoms with Gasteiger partial charge in [0.2, 0.25) is 0 Å². The molecule has 2 fully saturated rings. The molecule has 0 spiro atoms. The van der Waals surface area contributed by atoms with Crippen LogP contribution in [0.25, 0.3) is 10.8 Å². The van der Waals surface area contributed by atoms with Gasteiger partial charge in [-0.05, 0) is 42.5 Å². The summed E-state index contributed by atoms with van der Waals surface area (Å²) in [6.07, 6.45) is 5.59. The van der Waals surface area contributed by atoms with Crippen LogP contribution in [-0.4, -0.2) is 46.6 Å². The van der Waals surface area contributed by atoms with Gasteiger partial charge in [0.25, 0.3) is 5.91 Å². The van der Waals surface area contributed by atoms with Gasteiger partial charge < -0.3 is 10.4 Å². The minimum Gasteiger partial charge on any atom is -0.370 e. The standard InChI is InChI=1S/C23H28N2O3/c26-21(18-13-12-16-7-4-5-8-17(16)15-18)20-11-6-14-25(20)23(28)22(27)24-19-9-2-1-3-10-19/h4-5,7-8,12-13,15,19-20,23,28H,1-3,6,9-11,14H2,(H,24,27). The number of nitrogens with zero attached hydrogens (tertiary/aromatic N) is 1.